The number of benzene rings is 3. The molecule has 0 amide bonds. The van der Waals surface area contributed by atoms with Gasteiger partial charge in [0.1, 0.15) is 59.3 Å². The summed E-state index contributed by atoms with van der Waals surface area (Å²) in [7, 11) is 0. The van der Waals surface area contributed by atoms with Crippen LogP contribution in [0, 0.1) is 11.6 Å². The second-order valence-corrected chi connectivity index (χ2v) is 8.54. The molecule has 5 aromatic rings. The summed E-state index contributed by atoms with van der Waals surface area (Å²) in [5, 5.41) is 18.1. The van der Waals surface area contributed by atoms with Gasteiger partial charge in [-0.25, -0.2) is 18.5 Å². The highest BCUT2D eigenvalue weighted by atomic mass is 19.1. The van der Waals surface area contributed by atoms with E-state index >= 15 is 0 Å². The van der Waals surface area contributed by atoms with Crippen LogP contribution in [0.25, 0.3) is 33.4 Å². The van der Waals surface area contributed by atoms with Gasteiger partial charge in [0.15, 0.2) is 0 Å². The SMILES string of the molecule is NC1=NCNc2c1c(-c1cc(O)cc(F)c1)nn2Cc1oc2ccccc2c(=O)c1-c1cccc(F)c1. The number of anilines is 1. The van der Waals surface area contributed by atoms with Crippen molar-refractivity contribution in [2.24, 2.45) is 10.7 Å². The zero-order chi connectivity index (χ0) is 25.7. The van der Waals surface area contributed by atoms with E-state index in [-0.39, 0.29) is 47.2 Å². The highest BCUT2D eigenvalue weighted by Crippen LogP contribution is 2.34. The Morgan fingerprint density at radius 1 is 1.00 bits per heavy atom. The summed E-state index contributed by atoms with van der Waals surface area (Å²) in [6, 6.07) is 16.1. The molecule has 0 bridgehead atoms. The predicted octanol–water partition coefficient (Wildman–Crippen LogP) is 4.44. The summed E-state index contributed by atoms with van der Waals surface area (Å²) >= 11 is 0. The number of amidine groups is 1. The largest absolute Gasteiger partial charge is 0.508 e. The van der Waals surface area contributed by atoms with Gasteiger partial charge in [-0.1, -0.05) is 24.3 Å². The summed E-state index contributed by atoms with van der Waals surface area (Å²) in [5.74, 6) is -0.503. The van der Waals surface area contributed by atoms with E-state index in [9.17, 15) is 18.7 Å². The number of nitrogens with zero attached hydrogens (tertiary/aromatic N) is 3. The van der Waals surface area contributed by atoms with Crippen molar-refractivity contribution >= 4 is 22.6 Å². The Bertz CT molecular complexity index is 1770. The lowest BCUT2D eigenvalue weighted by Crippen LogP contribution is -2.24. The molecular weight excluding hydrogens is 480 g/mol. The van der Waals surface area contributed by atoms with E-state index in [0.717, 1.165) is 6.07 Å². The maximum atomic E-state index is 14.1. The van der Waals surface area contributed by atoms with Crippen molar-refractivity contribution in [1.29, 1.82) is 0 Å². The van der Waals surface area contributed by atoms with Gasteiger partial charge in [0.2, 0.25) is 5.43 Å². The average Bonchev–Trinajstić information content (AvgIpc) is 3.23. The lowest BCUT2D eigenvalue weighted by Gasteiger charge is -2.16. The molecule has 3 aromatic carbocycles. The van der Waals surface area contributed by atoms with E-state index in [4.69, 9.17) is 10.2 Å². The van der Waals surface area contributed by atoms with Crippen LogP contribution in [0.5, 0.6) is 5.75 Å². The number of aliphatic imine (C=N–C) groups is 1. The fraction of sp³-hybridized carbons (Fsp3) is 0.0741. The molecule has 3 heterocycles. The van der Waals surface area contributed by atoms with Crippen molar-refractivity contribution in [3.8, 4) is 28.1 Å². The molecule has 1 aliphatic rings. The monoisotopic (exact) mass is 499 g/mol. The van der Waals surface area contributed by atoms with Gasteiger partial charge in [-0.3, -0.25) is 4.79 Å². The Morgan fingerprint density at radius 2 is 1.81 bits per heavy atom. The van der Waals surface area contributed by atoms with Gasteiger partial charge in [-0.05, 0) is 42.0 Å². The first-order valence-electron chi connectivity index (χ1n) is 11.3. The Labute approximate surface area is 208 Å². The molecule has 0 saturated carbocycles. The van der Waals surface area contributed by atoms with Crippen LogP contribution in [0.2, 0.25) is 0 Å². The van der Waals surface area contributed by atoms with Gasteiger partial charge in [0, 0.05) is 11.6 Å². The van der Waals surface area contributed by atoms with Crippen molar-refractivity contribution in [1.82, 2.24) is 9.78 Å². The number of hydrogen-bond donors (Lipinski definition) is 3. The molecule has 10 heteroatoms. The number of aromatic nitrogens is 2. The van der Waals surface area contributed by atoms with Gasteiger partial charge in [-0.2, -0.15) is 5.10 Å². The third-order valence-electron chi connectivity index (χ3n) is 6.14. The molecular formula is C27H19F2N5O3. The zero-order valence-corrected chi connectivity index (χ0v) is 19.2. The fourth-order valence-electron chi connectivity index (χ4n) is 4.56. The third-order valence-corrected chi connectivity index (χ3v) is 6.14. The number of fused-ring (bicyclic) bond motifs is 2. The highest BCUT2D eigenvalue weighted by Gasteiger charge is 2.27. The smallest absolute Gasteiger partial charge is 0.200 e. The minimum Gasteiger partial charge on any atom is -0.508 e. The minimum absolute atomic E-state index is 0.0319. The fourth-order valence-corrected chi connectivity index (χ4v) is 4.56. The van der Waals surface area contributed by atoms with Gasteiger partial charge in [-0.15, -0.1) is 0 Å². The summed E-state index contributed by atoms with van der Waals surface area (Å²) in [5.41, 5.74) is 7.80. The number of aromatic hydroxyl groups is 1. The number of nitrogens with one attached hydrogen (secondary N) is 1. The first kappa shape index (κ1) is 22.5. The molecule has 184 valence electrons. The van der Waals surface area contributed by atoms with Crippen LogP contribution >= 0.6 is 0 Å². The Morgan fingerprint density at radius 3 is 2.62 bits per heavy atom. The van der Waals surface area contributed by atoms with Crippen molar-refractivity contribution in [3.05, 3.63) is 99.9 Å². The molecule has 0 spiro atoms. The molecule has 0 saturated heterocycles. The van der Waals surface area contributed by atoms with Crippen molar-refractivity contribution < 1.29 is 18.3 Å². The maximum absolute atomic E-state index is 14.1. The van der Waals surface area contributed by atoms with Gasteiger partial charge >= 0.3 is 0 Å². The molecule has 6 rings (SSSR count). The molecule has 0 aliphatic carbocycles. The summed E-state index contributed by atoms with van der Waals surface area (Å²) in [6.45, 7) is 0.145. The third kappa shape index (κ3) is 3.88. The van der Waals surface area contributed by atoms with Crippen LogP contribution in [-0.4, -0.2) is 27.4 Å². The van der Waals surface area contributed by atoms with Gasteiger partial charge < -0.3 is 20.6 Å². The summed E-state index contributed by atoms with van der Waals surface area (Å²) in [6.07, 6.45) is 0. The number of phenolic OH excluding ortho intramolecular Hbond substituents is 1. The van der Waals surface area contributed by atoms with Crippen LogP contribution in [0.1, 0.15) is 11.3 Å². The second-order valence-electron chi connectivity index (χ2n) is 8.54. The number of halogens is 2. The Hall–Kier alpha value is -4.99. The van der Waals surface area contributed by atoms with E-state index < -0.39 is 11.6 Å². The quantitative estimate of drug-likeness (QED) is 0.336. The maximum Gasteiger partial charge on any atom is 0.200 e. The first-order chi connectivity index (χ1) is 17.9. The summed E-state index contributed by atoms with van der Waals surface area (Å²) in [4.78, 5) is 17.8. The minimum atomic E-state index is -0.647. The van der Waals surface area contributed by atoms with Crippen molar-refractivity contribution in [2.45, 2.75) is 6.54 Å². The Kier molecular flexibility index (Phi) is 5.22. The van der Waals surface area contributed by atoms with Crippen LogP contribution in [0.3, 0.4) is 0 Å². The van der Waals surface area contributed by atoms with Gasteiger partial charge in [0.25, 0.3) is 0 Å². The molecule has 1 aliphatic heterocycles. The average molecular weight is 499 g/mol. The normalized spacial score (nSPS) is 12.8. The topological polar surface area (TPSA) is 119 Å². The van der Waals surface area contributed by atoms with E-state index in [1.54, 1.807) is 30.3 Å². The van der Waals surface area contributed by atoms with Crippen LogP contribution in [0.15, 0.2) is 80.9 Å². The number of rotatable bonds is 4. The first-order valence-corrected chi connectivity index (χ1v) is 11.3. The van der Waals surface area contributed by atoms with E-state index in [0.29, 0.717) is 33.5 Å². The van der Waals surface area contributed by atoms with Crippen LogP contribution < -0.4 is 16.5 Å². The van der Waals surface area contributed by atoms with Crippen molar-refractivity contribution in [2.75, 3.05) is 12.0 Å². The standard InChI is InChI=1S/C27H19F2N5O3/c28-16-5-3-4-14(8-16)22-21(37-20-7-2-1-6-19(20)25(22)36)12-34-27-23(26(30)31-13-32-27)24(33-34)15-9-17(29)11-18(35)10-15/h1-11,32,35H,12-13H2,(H2,30,31). The van der Waals surface area contributed by atoms with Crippen LogP contribution in [0.4, 0.5) is 14.6 Å². The molecule has 0 unspecified atom stereocenters. The molecule has 0 atom stereocenters. The van der Waals surface area contributed by atoms with E-state index in [1.807, 2.05) is 0 Å². The zero-order valence-electron chi connectivity index (χ0n) is 19.2. The number of hydrogen-bond acceptors (Lipinski definition) is 7. The molecule has 8 nitrogen and oxygen atoms in total. The lowest BCUT2D eigenvalue weighted by atomic mass is 10.0. The van der Waals surface area contributed by atoms with E-state index in [2.05, 4.69) is 15.4 Å². The number of phenols is 1. The number of nitrogens with two attached hydrogens (primary N) is 1. The second kappa shape index (κ2) is 8.59. The van der Waals surface area contributed by atoms with Gasteiger partial charge in [0.05, 0.1) is 16.5 Å². The van der Waals surface area contributed by atoms with E-state index in [1.165, 1.54) is 35.0 Å². The highest BCUT2D eigenvalue weighted by molar-refractivity contribution is 6.08. The van der Waals surface area contributed by atoms with Crippen LogP contribution in [-0.2, 0) is 6.54 Å². The predicted molar refractivity (Wildman–Crippen MR) is 135 cm³/mol. The lowest BCUT2D eigenvalue weighted by molar-refractivity contribution is 0.469. The van der Waals surface area contributed by atoms with Crippen molar-refractivity contribution in [3.63, 3.8) is 0 Å². The molecule has 0 radical (unpaired) electrons. The molecule has 0 fully saturated rings. The molecule has 4 N–H and O–H groups in total. The molecule has 37 heavy (non-hydrogen) atoms. The Balaban J connectivity index is 1.58. The molecule has 2 aromatic heterocycles. The summed E-state index contributed by atoms with van der Waals surface area (Å²) < 4.78 is 36.0. The number of para-hydroxylation sites is 1.